The number of benzene rings is 2. The molecule has 0 aliphatic heterocycles. The number of nitrogens with zero attached hydrogens (tertiary/aromatic N) is 2. The van der Waals surface area contributed by atoms with Gasteiger partial charge in [-0.2, -0.15) is 4.98 Å². The van der Waals surface area contributed by atoms with Crippen LogP contribution in [-0.4, -0.2) is 19.6 Å². The average molecular weight is 363 g/mol. The Morgan fingerprint density at radius 1 is 1.20 bits per heavy atom. The summed E-state index contributed by atoms with van der Waals surface area (Å²) in [4.78, 5) is 29.5. The van der Waals surface area contributed by atoms with Crippen molar-refractivity contribution in [2.45, 2.75) is 6.54 Å². The summed E-state index contributed by atoms with van der Waals surface area (Å²) in [6.45, 7) is 0.114. The number of aromatic nitrogens is 3. The van der Waals surface area contributed by atoms with Crippen LogP contribution >= 0.6 is 11.6 Å². The lowest BCUT2D eigenvalue weighted by Crippen LogP contribution is -2.34. The molecule has 0 unspecified atom stereocenters. The molecule has 9 heteroatoms. The maximum absolute atomic E-state index is 13.5. The molecule has 2 aromatic carbocycles. The maximum atomic E-state index is 13.5. The van der Waals surface area contributed by atoms with Gasteiger partial charge in [-0.1, -0.05) is 23.7 Å². The fraction of sp³-hybridized carbons (Fsp3) is 0.0625. The number of phenolic OH excluding ortho intramolecular Hbond substituents is 1. The van der Waals surface area contributed by atoms with Crippen LogP contribution in [0.1, 0.15) is 5.56 Å². The highest BCUT2D eigenvalue weighted by Crippen LogP contribution is 2.21. The molecule has 25 heavy (non-hydrogen) atoms. The van der Waals surface area contributed by atoms with E-state index >= 15 is 0 Å². The van der Waals surface area contributed by atoms with E-state index in [0.29, 0.717) is 5.02 Å². The third-order valence-electron chi connectivity index (χ3n) is 3.38. The van der Waals surface area contributed by atoms with Crippen LogP contribution in [0.25, 0.3) is 0 Å². The molecule has 0 saturated carbocycles. The van der Waals surface area contributed by atoms with Crippen LogP contribution in [0.3, 0.4) is 0 Å². The van der Waals surface area contributed by atoms with Gasteiger partial charge in [-0.15, -0.1) is 0 Å². The van der Waals surface area contributed by atoms with Crippen molar-refractivity contribution in [3.63, 3.8) is 0 Å². The molecule has 0 bridgehead atoms. The number of aromatic amines is 1. The summed E-state index contributed by atoms with van der Waals surface area (Å²) in [6, 6.07) is 10.3. The van der Waals surface area contributed by atoms with E-state index in [0.717, 1.165) is 17.7 Å². The Balaban J connectivity index is 2.00. The minimum atomic E-state index is -0.846. The number of phenols is 1. The standard InChI is InChI=1S/C16H12ClFN4O3/c17-10-3-1-9(2-4-10)8-22-14(20-15(24)21-16(22)25)19-11-5-6-13(23)12(18)7-11/h1-7,23H,8H2,(H2,19,20,21,24,25). The normalized spacial score (nSPS) is 10.6. The topological polar surface area (TPSA) is 100 Å². The Morgan fingerprint density at radius 2 is 1.92 bits per heavy atom. The number of H-pyrrole nitrogens is 1. The molecular weight excluding hydrogens is 351 g/mol. The van der Waals surface area contributed by atoms with E-state index in [9.17, 15) is 19.1 Å². The molecule has 0 aliphatic rings. The van der Waals surface area contributed by atoms with Gasteiger partial charge in [0.05, 0.1) is 6.54 Å². The quantitative estimate of drug-likeness (QED) is 0.618. The van der Waals surface area contributed by atoms with E-state index < -0.39 is 22.9 Å². The van der Waals surface area contributed by atoms with Gasteiger partial charge in [-0.3, -0.25) is 9.55 Å². The highest BCUT2D eigenvalue weighted by molar-refractivity contribution is 6.30. The van der Waals surface area contributed by atoms with Crippen molar-refractivity contribution in [1.82, 2.24) is 14.5 Å². The SMILES string of the molecule is O=c1nc(Nc2ccc(O)c(F)c2)n(Cc2ccc(Cl)cc2)c(=O)[nH]1. The zero-order valence-electron chi connectivity index (χ0n) is 12.7. The smallest absolute Gasteiger partial charge is 0.352 e. The van der Waals surface area contributed by atoms with Gasteiger partial charge in [-0.05, 0) is 29.8 Å². The average Bonchev–Trinajstić information content (AvgIpc) is 2.56. The lowest BCUT2D eigenvalue weighted by molar-refractivity contribution is 0.432. The van der Waals surface area contributed by atoms with E-state index in [2.05, 4.69) is 15.3 Å². The highest BCUT2D eigenvalue weighted by Gasteiger charge is 2.10. The van der Waals surface area contributed by atoms with Crippen LogP contribution in [0.15, 0.2) is 52.1 Å². The van der Waals surface area contributed by atoms with Crippen molar-refractivity contribution >= 4 is 23.2 Å². The molecular formula is C16H12ClFN4O3. The predicted molar refractivity (Wildman–Crippen MR) is 91.0 cm³/mol. The molecule has 0 saturated heterocycles. The van der Waals surface area contributed by atoms with Crippen LogP contribution < -0.4 is 16.7 Å². The zero-order valence-corrected chi connectivity index (χ0v) is 13.4. The van der Waals surface area contributed by atoms with Gasteiger partial charge in [0.2, 0.25) is 5.95 Å². The molecule has 0 spiro atoms. The lowest BCUT2D eigenvalue weighted by Gasteiger charge is -2.13. The van der Waals surface area contributed by atoms with Gasteiger partial charge in [0, 0.05) is 16.8 Å². The van der Waals surface area contributed by atoms with E-state index in [1.165, 1.54) is 10.6 Å². The molecule has 0 fully saturated rings. The van der Waals surface area contributed by atoms with Crippen LogP contribution in [0.2, 0.25) is 5.02 Å². The van der Waals surface area contributed by atoms with Crippen molar-refractivity contribution in [3.05, 3.63) is 79.8 Å². The Kier molecular flexibility index (Phi) is 4.53. The number of halogens is 2. The molecule has 1 heterocycles. The monoisotopic (exact) mass is 362 g/mol. The van der Waals surface area contributed by atoms with E-state index in [1.807, 2.05) is 0 Å². The highest BCUT2D eigenvalue weighted by atomic mass is 35.5. The Bertz CT molecular complexity index is 1030. The summed E-state index contributed by atoms with van der Waals surface area (Å²) in [6.07, 6.45) is 0. The molecule has 3 rings (SSSR count). The molecule has 3 aromatic rings. The molecule has 128 valence electrons. The van der Waals surface area contributed by atoms with Gasteiger partial charge in [0.25, 0.3) is 0 Å². The minimum Gasteiger partial charge on any atom is -0.505 e. The fourth-order valence-corrected chi connectivity index (χ4v) is 2.29. The Hall–Kier alpha value is -3.13. The molecule has 0 amide bonds. The Morgan fingerprint density at radius 3 is 2.60 bits per heavy atom. The number of hydrogen-bond acceptors (Lipinski definition) is 5. The third-order valence-corrected chi connectivity index (χ3v) is 3.63. The van der Waals surface area contributed by atoms with Crippen molar-refractivity contribution in [1.29, 1.82) is 0 Å². The number of aromatic hydroxyl groups is 1. The summed E-state index contributed by atoms with van der Waals surface area (Å²) in [7, 11) is 0. The molecule has 0 atom stereocenters. The number of hydrogen-bond donors (Lipinski definition) is 3. The molecule has 7 nitrogen and oxygen atoms in total. The zero-order chi connectivity index (χ0) is 18.0. The van der Waals surface area contributed by atoms with Crippen molar-refractivity contribution in [2.24, 2.45) is 0 Å². The van der Waals surface area contributed by atoms with Gasteiger partial charge < -0.3 is 10.4 Å². The summed E-state index contributed by atoms with van der Waals surface area (Å²) in [5.41, 5.74) is -0.534. The van der Waals surface area contributed by atoms with Gasteiger partial charge in [0.1, 0.15) is 0 Å². The predicted octanol–water partition coefficient (Wildman–Crippen LogP) is 2.22. The second kappa shape index (κ2) is 6.78. The van der Waals surface area contributed by atoms with Crippen molar-refractivity contribution < 1.29 is 9.50 Å². The van der Waals surface area contributed by atoms with E-state index in [-0.39, 0.29) is 18.2 Å². The molecule has 3 N–H and O–H groups in total. The van der Waals surface area contributed by atoms with Crippen LogP contribution in [-0.2, 0) is 6.54 Å². The van der Waals surface area contributed by atoms with Crippen molar-refractivity contribution in [2.75, 3.05) is 5.32 Å². The first-order valence-electron chi connectivity index (χ1n) is 7.13. The maximum Gasteiger partial charge on any atom is 0.352 e. The molecule has 0 radical (unpaired) electrons. The lowest BCUT2D eigenvalue weighted by atomic mass is 10.2. The number of anilines is 2. The van der Waals surface area contributed by atoms with E-state index in [4.69, 9.17) is 11.6 Å². The molecule has 1 aromatic heterocycles. The fourth-order valence-electron chi connectivity index (χ4n) is 2.17. The van der Waals surface area contributed by atoms with Crippen LogP contribution in [0.4, 0.5) is 16.0 Å². The van der Waals surface area contributed by atoms with Crippen LogP contribution in [0.5, 0.6) is 5.75 Å². The first kappa shape index (κ1) is 16.7. The second-order valence-corrected chi connectivity index (χ2v) is 5.61. The number of rotatable bonds is 4. The van der Waals surface area contributed by atoms with Gasteiger partial charge >= 0.3 is 11.4 Å². The summed E-state index contributed by atoms with van der Waals surface area (Å²) < 4.78 is 14.7. The first-order valence-corrected chi connectivity index (χ1v) is 7.51. The van der Waals surface area contributed by atoms with Gasteiger partial charge in [0.15, 0.2) is 11.6 Å². The summed E-state index contributed by atoms with van der Waals surface area (Å²) >= 11 is 5.84. The van der Waals surface area contributed by atoms with Gasteiger partial charge in [-0.25, -0.2) is 14.0 Å². The first-order chi connectivity index (χ1) is 11.9. The number of nitrogens with one attached hydrogen (secondary N) is 2. The van der Waals surface area contributed by atoms with Crippen LogP contribution in [0, 0.1) is 5.82 Å². The minimum absolute atomic E-state index is 0.0613. The second-order valence-electron chi connectivity index (χ2n) is 5.17. The summed E-state index contributed by atoms with van der Waals surface area (Å²) in [5.74, 6) is -1.42. The Labute approximate surface area is 145 Å². The summed E-state index contributed by atoms with van der Waals surface area (Å²) in [5, 5.41) is 12.5. The van der Waals surface area contributed by atoms with E-state index in [1.54, 1.807) is 24.3 Å². The largest absolute Gasteiger partial charge is 0.505 e. The molecule has 0 aliphatic carbocycles. The van der Waals surface area contributed by atoms with Crippen molar-refractivity contribution in [3.8, 4) is 5.75 Å². The third kappa shape index (κ3) is 3.86.